The maximum absolute atomic E-state index is 10.9. The third kappa shape index (κ3) is 7.11. The fourth-order valence-electron chi connectivity index (χ4n) is 1.79. The Morgan fingerprint density at radius 2 is 1.65 bits per heavy atom. The minimum Gasteiger partial charge on any atom is -0.475 e. The van der Waals surface area contributed by atoms with Crippen molar-refractivity contribution < 1.29 is 32.6 Å². The number of benzene rings is 1. The smallest absolute Gasteiger partial charge is 0.475 e. The fraction of sp³-hybridized carbons (Fsp3) is 0.429. The number of carboxylic acid groups (broad SMARTS) is 1. The molecule has 0 unspecified atom stereocenters. The number of hydrogen-bond acceptors (Lipinski definition) is 4. The highest BCUT2D eigenvalue weighted by Crippen LogP contribution is 2.13. The average Bonchev–Trinajstić information content (AvgIpc) is 2.48. The monoisotopic (exact) mass is 334 g/mol. The summed E-state index contributed by atoms with van der Waals surface area (Å²) < 4.78 is 37.0. The van der Waals surface area contributed by atoms with Gasteiger partial charge in [-0.25, -0.2) is 4.79 Å². The van der Waals surface area contributed by atoms with Crippen LogP contribution in [-0.4, -0.2) is 54.4 Å². The van der Waals surface area contributed by atoms with Gasteiger partial charge in [-0.2, -0.15) is 13.2 Å². The zero-order chi connectivity index (χ0) is 17.5. The van der Waals surface area contributed by atoms with Gasteiger partial charge in [0.2, 0.25) is 5.91 Å². The van der Waals surface area contributed by atoms with Crippen molar-refractivity contribution in [1.29, 1.82) is 0 Å². The summed E-state index contributed by atoms with van der Waals surface area (Å²) in [5.74, 6) is -3.13. The zero-order valence-corrected chi connectivity index (χ0v) is 12.2. The molecule has 0 aliphatic carbocycles. The van der Waals surface area contributed by atoms with Crippen LogP contribution in [0.5, 0.6) is 0 Å². The van der Waals surface area contributed by atoms with Gasteiger partial charge in [0.15, 0.2) is 0 Å². The van der Waals surface area contributed by atoms with E-state index in [1.807, 2.05) is 12.1 Å². The first kappa shape index (κ1) is 18.9. The third-order valence-corrected chi connectivity index (χ3v) is 2.99. The molecule has 3 N–H and O–H groups in total. The lowest BCUT2D eigenvalue weighted by atomic mass is 10.1. The van der Waals surface area contributed by atoms with Crippen molar-refractivity contribution in [1.82, 2.24) is 4.90 Å². The summed E-state index contributed by atoms with van der Waals surface area (Å²) in [5, 5.41) is 7.12. The summed E-state index contributed by atoms with van der Waals surface area (Å²) in [6, 6.07) is 7.46. The molecule has 0 radical (unpaired) electrons. The highest BCUT2D eigenvalue weighted by atomic mass is 19.4. The van der Waals surface area contributed by atoms with Crippen molar-refractivity contribution in [3.63, 3.8) is 0 Å². The van der Waals surface area contributed by atoms with Gasteiger partial charge in [0, 0.05) is 25.2 Å². The first-order chi connectivity index (χ1) is 10.7. The van der Waals surface area contributed by atoms with Gasteiger partial charge in [0.25, 0.3) is 0 Å². The summed E-state index contributed by atoms with van der Waals surface area (Å²) in [6.07, 6.45) is -5.08. The number of halogens is 3. The van der Waals surface area contributed by atoms with E-state index in [4.69, 9.17) is 20.4 Å². The normalized spacial score (nSPS) is 15.4. The molecule has 1 amide bonds. The van der Waals surface area contributed by atoms with Crippen LogP contribution in [0.1, 0.15) is 15.9 Å². The topological polar surface area (TPSA) is 92.9 Å². The highest BCUT2D eigenvalue weighted by molar-refractivity contribution is 5.92. The Balaban J connectivity index is 0.000000322. The summed E-state index contributed by atoms with van der Waals surface area (Å²) >= 11 is 0. The van der Waals surface area contributed by atoms with Crippen molar-refractivity contribution >= 4 is 11.9 Å². The van der Waals surface area contributed by atoms with Crippen LogP contribution >= 0.6 is 0 Å². The molecule has 0 spiro atoms. The second-order valence-electron chi connectivity index (χ2n) is 4.75. The number of carbonyl (C=O) groups excluding carboxylic acids is 1. The van der Waals surface area contributed by atoms with Crippen LogP contribution < -0.4 is 5.73 Å². The maximum Gasteiger partial charge on any atom is 0.490 e. The molecule has 1 aliphatic heterocycles. The molecule has 23 heavy (non-hydrogen) atoms. The van der Waals surface area contributed by atoms with Crippen LogP contribution in [0.15, 0.2) is 24.3 Å². The summed E-state index contributed by atoms with van der Waals surface area (Å²) in [7, 11) is 0. The van der Waals surface area contributed by atoms with Gasteiger partial charge in [-0.05, 0) is 17.7 Å². The van der Waals surface area contributed by atoms with E-state index in [-0.39, 0.29) is 5.91 Å². The minimum absolute atomic E-state index is 0.377. The number of amides is 1. The second kappa shape index (κ2) is 8.49. The number of ether oxygens (including phenoxy) is 1. The van der Waals surface area contributed by atoms with Crippen molar-refractivity contribution in [3.05, 3.63) is 35.4 Å². The number of aliphatic carboxylic acids is 1. The molecule has 9 heteroatoms. The Hall–Kier alpha value is -2.13. The van der Waals surface area contributed by atoms with Crippen LogP contribution in [0, 0.1) is 0 Å². The Morgan fingerprint density at radius 3 is 2.04 bits per heavy atom. The maximum atomic E-state index is 10.9. The van der Waals surface area contributed by atoms with Crippen LogP contribution in [0.3, 0.4) is 0 Å². The number of morpholine rings is 1. The number of primary amides is 1. The Bertz CT molecular complexity index is 526. The molecule has 2 rings (SSSR count). The molecule has 0 atom stereocenters. The van der Waals surface area contributed by atoms with Crippen molar-refractivity contribution in [3.8, 4) is 0 Å². The first-order valence-electron chi connectivity index (χ1n) is 6.69. The number of carbonyl (C=O) groups is 2. The average molecular weight is 334 g/mol. The largest absolute Gasteiger partial charge is 0.490 e. The number of alkyl halides is 3. The van der Waals surface area contributed by atoms with Gasteiger partial charge in [0.1, 0.15) is 0 Å². The van der Waals surface area contributed by atoms with E-state index in [2.05, 4.69) is 4.90 Å². The Kier molecular flexibility index (Phi) is 6.98. The van der Waals surface area contributed by atoms with Gasteiger partial charge < -0.3 is 15.6 Å². The van der Waals surface area contributed by atoms with Crippen LogP contribution in [0.4, 0.5) is 13.2 Å². The van der Waals surface area contributed by atoms with E-state index < -0.39 is 12.1 Å². The van der Waals surface area contributed by atoms with E-state index in [1.54, 1.807) is 12.1 Å². The van der Waals surface area contributed by atoms with E-state index in [9.17, 15) is 18.0 Å². The van der Waals surface area contributed by atoms with E-state index >= 15 is 0 Å². The van der Waals surface area contributed by atoms with E-state index in [1.165, 1.54) is 5.56 Å². The molecular formula is C14H17F3N2O4. The Labute approximate surface area is 130 Å². The van der Waals surface area contributed by atoms with Crippen molar-refractivity contribution in [2.24, 2.45) is 5.73 Å². The van der Waals surface area contributed by atoms with Crippen LogP contribution in [-0.2, 0) is 16.1 Å². The molecule has 1 aliphatic rings. The number of rotatable bonds is 3. The molecule has 1 aromatic rings. The molecule has 1 saturated heterocycles. The quantitative estimate of drug-likeness (QED) is 0.868. The predicted molar refractivity (Wildman–Crippen MR) is 74.7 cm³/mol. The predicted octanol–water partition coefficient (Wildman–Crippen LogP) is 1.25. The minimum atomic E-state index is -5.08. The lowest BCUT2D eigenvalue weighted by Crippen LogP contribution is -2.35. The summed E-state index contributed by atoms with van der Waals surface area (Å²) in [5.41, 5.74) is 6.94. The van der Waals surface area contributed by atoms with Gasteiger partial charge in [-0.3, -0.25) is 9.69 Å². The lowest BCUT2D eigenvalue weighted by Gasteiger charge is -2.26. The SMILES string of the molecule is NC(=O)c1ccc(CN2CCOCC2)cc1.O=C(O)C(F)(F)F. The van der Waals surface area contributed by atoms with Crippen molar-refractivity contribution in [2.75, 3.05) is 26.3 Å². The molecule has 1 aromatic carbocycles. The highest BCUT2D eigenvalue weighted by Gasteiger charge is 2.38. The summed E-state index contributed by atoms with van der Waals surface area (Å²) in [6.45, 7) is 4.45. The van der Waals surface area contributed by atoms with Gasteiger partial charge >= 0.3 is 12.1 Å². The Morgan fingerprint density at radius 1 is 1.17 bits per heavy atom. The molecule has 0 bridgehead atoms. The number of hydrogen-bond donors (Lipinski definition) is 2. The second-order valence-corrected chi connectivity index (χ2v) is 4.75. The molecule has 0 saturated carbocycles. The molecule has 128 valence electrons. The van der Waals surface area contributed by atoms with Crippen LogP contribution in [0.2, 0.25) is 0 Å². The van der Waals surface area contributed by atoms with Gasteiger partial charge in [-0.15, -0.1) is 0 Å². The summed E-state index contributed by atoms with van der Waals surface area (Å²) in [4.78, 5) is 22.1. The van der Waals surface area contributed by atoms with E-state index in [0.717, 1.165) is 32.8 Å². The van der Waals surface area contributed by atoms with Gasteiger partial charge in [-0.1, -0.05) is 12.1 Å². The number of nitrogens with zero attached hydrogens (tertiary/aromatic N) is 1. The van der Waals surface area contributed by atoms with E-state index in [0.29, 0.717) is 5.56 Å². The zero-order valence-electron chi connectivity index (χ0n) is 12.2. The first-order valence-corrected chi connectivity index (χ1v) is 6.69. The molecule has 6 nitrogen and oxygen atoms in total. The van der Waals surface area contributed by atoms with Crippen molar-refractivity contribution in [2.45, 2.75) is 12.7 Å². The molecule has 1 fully saturated rings. The number of carboxylic acids is 1. The van der Waals surface area contributed by atoms with Gasteiger partial charge in [0.05, 0.1) is 13.2 Å². The molecular weight excluding hydrogens is 317 g/mol. The molecule has 0 aromatic heterocycles. The molecule has 1 heterocycles. The van der Waals surface area contributed by atoms with Crippen LogP contribution in [0.25, 0.3) is 0 Å². The number of nitrogens with two attached hydrogens (primary N) is 1. The lowest BCUT2D eigenvalue weighted by molar-refractivity contribution is -0.192. The standard InChI is InChI=1S/C12H16N2O2.C2HF3O2/c13-12(15)11-3-1-10(2-4-11)9-14-5-7-16-8-6-14;3-2(4,5)1(6)7/h1-4H,5-9H2,(H2,13,15);(H,6,7). The fourth-order valence-corrected chi connectivity index (χ4v) is 1.79. The third-order valence-electron chi connectivity index (χ3n) is 2.99.